The molecular weight excluding hydrogens is 390 g/mol. The van der Waals surface area contributed by atoms with Gasteiger partial charge in [-0.2, -0.15) is 0 Å². The fourth-order valence-corrected chi connectivity index (χ4v) is 3.06. The van der Waals surface area contributed by atoms with Gasteiger partial charge in [-0.15, -0.1) is 6.58 Å². The summed E-state index contributed by atoms with van der Waals surface area (Å²) < 4.78 is 0. The molecule has 0 unspecified atom stereocenters. The van der Waals surface area contributed by atoms with E-state index in [-0.39, 0.29) is 5.91 Å². The van der Waals surface area contributed by atoms with Gasteiger partial charge in [0.15, 0.2) is 0 Å². The van der Waals surface area contributed by atoms with E-state index in [0.717, 1.165) is 17.5 Å². The van der Waals surface area contributed by atoms with Gasteiger partial charge < -0.3 is 15.1 Å². The first-order chi connectivity index (χ1) is 14.9. The number of aryl methyl sites for hydroxylation is 1. The van der Waals surface area contributed by atoms with Crippen molar-refractivity contribution in [1.82, 2.24) is 24.8 Å². The predicted molar refractivity (Wildman–Crippen MR) is 124 cm³/mol. The maximum Gasteiger partial charge on any atom is 0.257 e. The zero-order valence-corrected chi connectivity index (χ0v) is 18.3. The first-order valence-corrected chi connectivity index (χ1v) is 9.96. The van der Waals surface area contributed by atoms with Gasteiger partial charge in [-0.1, -0.05) is 6.08 Å². The maximum atomic E-state index is 13.1. The molecule has 160 valence electrons. The number of hydrogen-bond acceptors (Lipinski definition) is 7. The molecule has 0 aliphatic carbocycles. The molecule has 0 spiro atoms. The molecule has 3 aromatic heterocycles. The summed E-state index contributed by atoms with van der Waals surface area (Å²) in [7, 11) is 5.54. The van der Waals surface area contributed by atoms with Crippen molar-refractivity contribution < 1.29 is 4.79 Å². The highest BCUT2D eigenvalue weighted by Crippen LogP contribution is 2.27. The minimum absolute atomic E-state index is 0.0798. The van der Waals surface area contributed by atoms with Crippen LogP contribution in [0.4, 0.5) is 17.5 Å². The maximum absolute atomic E-state index is 13.1. The molecule has 0 atom stereocenters. The summed E-state index contributed by atoms with van der Waals surface area (Å²) in [5.41, 5.74) is 2.27. The second kappa shape index (κ2) is 9.80. The van der Waals surface area contributed by atoms with E-state index < -0.39 is 0 Å². The van der Waals surface area contributed by atoms with Crippen LogP contribution in [0.2, 0.25) is 0 Å². The molecule has 0 aliphatic heterocycles. The van der Waals surface area contributed by atoms with Crippen molar-refractivity contribution in [1.29, 1.82) is 0 Å². The normalized spacial score (nSPS) is 10.5. The zero-order valence-electron chi connectivity index (χ0n) is 18.3. The molecule has 0 fully saturated rings. The van der Waals surface area contributed by atoms with Crippen LogP contribution in [0.25, 0.3) is 11.1 Å². The highest BCUT2D eigenvalue weighted by molar-refractivity contribution is 6.00. The quantitative estimate of drug-likeness (QED) is 0.559. The summed E-state index contributed by atoms with van der Waals surface area (Å²) >= 11 is 0. The summed E-state index contributed by atoms with van der Waals surface area (Å²) in [6.45, 7) is 6.16. The van der Waals surface area contributed by atoms with Gasteiger partial charge in [0, 0.05) is 51.8 Å². The van der Waals surface area contributed by atoms with Crippen molar-refractivity contribution >= 4 is 23.4 Å². The summed E-state index contributed by atoms with van der Waals surface area (Å²) in [4.78, 5) is 34.0. The van der Waals surface area contributed by atoms with Crippen LogP contribution >= 0.6 is 0 Å². The molecule has 8 nitrogen and oxygen atoms in total. The van der Waals surface area contributed by atoms with E-state index in [1.165, 1.54) is 0 Å². The van der Waals surface area contributed by atoms with Crippen LogP contribution in [0.1, 0.15) is 22.6 Å². The molecule has 0 saturated heterocycles. The summed E-state index contributed by atoms with van der Waals surface area (Å²) in [6.07, 6.45) is 7.71. The molecule has 3 aromatic rings. The van der Waals surface area contributed by atoms with Crippen molar-refractivity contribution in [3.8, 4) is 11.1 Å². The standard InChI is InChI=1S/C23H27N7O/c1-6-7-12-30(5)23(31)19-13-18(15-26-22(19)29(3)4)17-8-10-25-21(14-17)28-20-9-11-24-16(2)27-20/h6,8-11,13-15H,1,7,12H2,2-5H3,(H,24,25,27,28). The van der Waals surface area contributed by atoms with Crippen LogP contribution in [0.3, 0.4) is 0 Å². The zero-order chi connectivity index (χ0) is 22.4. The third-order valence-electron chi connectivity index (χ3n) is 4.66. The van der Waals surface area contributed by atoms with Gasteiger partial charge in [-0.05, 0) is 43.2 Å². The Morgan fingerprint density at radius 3 is 2.55 bits per heavy atom. The minimum atomic E-state index is -0.0798. The van der Waals surface area contributed by atoms with Crippen LogP contribution in [0.15, 0.2) is 55.5 Å². The van der Waals surface area contributed by atoms with Crippen LogP contribution in [0, 0.1) is 6.92 Å². The van der Waals surface area contributed by atoms with Crippen molar-refractivity contribution in [2.45, 2.75) is 13.3 Å². The largest absolute Gasteiger partial charge is 0.362 e. The molecule has 3 heterocycles. The first-order valence-electron chi connectivity index (χ1n) is 9.96. The van der Waals surface area contributed by atoms with Gasteiger partial charge in [-0.25, -0.2) is 19.9 Å². The molecule has 1 amide bonds. The Kier molecular flexibility index (Phi) is 6.92. The summed E-state index contributed by atoms with van der Waals surface area (Å²) in [5, 5.41) is 3.19. The Labute approximate surface area is 182 Å². The fourth-order valence-electron chi connectivity index (χ4n) is 3.06. The van der Waals surface area contributed by atoms with Gasteiger partial charge in [0.25, 0.3) is 5.91 Å². The van der Waals surface area contributed by atoms with Crippen molar-refractivity contribution in [2.75, 3.05) is 37.9 Å². The van der Waals surface area contributed by atoms with Crippen molar-refractivity contribution in [3.63, 3.8) is 0 Å². The molecule has 0 saturated carbocycles. The number of nitrogens with zero attached hydrogens (tertiary/aromatic N) is 6. The number of anilines is 3. The SMILES string of the molecule is C=CCCN(C)C(=O)c1cc(-c2ccnc(Nc3ccnc(C)n3)c2)cnc1N(C)C. The third-order valence-corrected chi connectivity index (χ3v) is 4.66. The number of rotatable bonds is 8. The average molecular weight is 418 g/mol. The number of carbonyl (C=O) groups excluding carboxylic acids is 1. The molecule has 0 aliphatic rings. The smallest absolute Gasteiger partial charge is 0.257 e. The van der Waals surface area contributed by atoms with Gasteiger partial charge in [0.05, 0.1) is 5.56 Å². The Balaban J connectivity index is 1.94. The number of nitrogens with one attached hydrogen (secondary N) is 1. The van der Waals surface area contributed by atoms with E-state index in [4.69, 9.17) is 0 Å². The molecule has 31 heavy (non-hydrogen) atoms. The fraction of sp³-hybridized carbons (Fsp3) is 0.261. The lowest BCUT2D eigenvalue weighted by atomic mass is 10.1. The van der Waals surface area contributed by atoms with E-state index in [2.05, 4.69) is 31.8 Å². The van der Waals surface area contributed by atoms with E-state index in [1.54, 1.807) is 42.7 Å². The van der Waals surface area contributed by atoms with Crippen LogP contribution in [-0.4, -0.2) is 58.4 Å². The van der Waals surface area contributed by atoms with Crippen molar-refractivity contribution in [3.05, 3.63) is 66.9 Å². The Morgan fingerprint density at radius 1 is 1.06 bits per heavy atom. The number of pyridine rings is 2. The van der Waals surface area contributed by atoms with E-state index >= 15 is 0 Å². The molecule has 0 aromatic carbocycles. The van der Waals surface area contributed by atoms with Gasteiger partial charge in [0.1, 0.15) is 23.3 Å². The van der Waals surface area contributed by atoms with Crippen LogP contribution in [-0.2, 0) is 0 Å². The second-order valence-electron chi connectivity index (χ2n) is 7.34. The lowest BCUT2D eigenvalue weighted by Crippen LogP contribution is -2.29. The molecule has 1 N–H and O–H groups in total. The number of amides is 1. The molecular formula is C23H27N7O. The molecule has 8 heteroatoms. The highest BCUT2D eigenvalue weighted by atomic mass is 16.2. The minimum Gasteiger partial charge on any atom is -0.362 e. The first kappa shape index (κ1) is 21.9. The number of carbonyl (C=O) groups is 1. The third kappa shape index (κ3) is 5.42. The highest BCUT2D eigenvalue weighted by Gasteiger charge is 2.19. The lowest BCUT2D eigenvalue weighted by Gasteiger charge is -2.21. The van der Waals surface area contributed by atoms with Gasteiger partial charge in [-0.3, -0.25) is 4.79 Å². The van der Waals surface area contributed by atoms with E-state index in [1.807, 2.05) is 44.1 Å². The Morgan fingerprint density at radius 2 is 1.84 bits per heavy atom. The van der Waals surface area contributed by atoms with Gasteiger partial charge >= 0.3 is 0 Å². The Hall–Kier alpha value is -3.81. The topological polar surface area (TPSA) is 87.1 Å². The molecule has 0 radical (unpaired) electrons. The van der Waals surface area contributed by atoms with Crippen molar-refractivity contribution in [2.24, 2.45) is 0 Å². The Bertz CT molecular complexity index is 1080. The average Bonchev–Trinajstić information content (AvgIpc) is 2.76. The second-order valence-corrected chi connectivity index (χ2v) is 7.34. The number of aromatic nitrogens is 4. The number of hydrogen-bond donors (Lipinski definition) is 1. The van der Waals surface area contributed by atoms with Crippen LogP contribution < -0.4 is 10.2 Å². The predicted octanol–water partition coefficient (Wildman–Crippen LogP) is 3.70. The molecule has 3 rings (SSSR count). The lowest BCUT2D eigenvalue weighted by molar-refractivity contribution is 0.0798. The summed E-state index contributed by atoms with van der Waals surface area (Å²) in [5.74, 6) is 2.53. The monoisotopic (exact) mass is 417 g/mol. The van der Waals surface area contributed by atoms with E-state index in [9.17, 15) is 4.79 Å². The van der Waals surface area contributed by atoms with Crippen LogP contribution in [0.5, 0.6) is 0 Å². The molecule has 0 bridgehead atoms. The summed E-state index contributed by atoms with van der Waals surface area (Å²) in [6, 6.07) is 7.45. The van der Waals surface area contributed by atoms with Gasteiger partial charge in [0.2, 0.25) is 0 Å². The van der Waals surface area contributed by atoms with E-state index in [0.29, 0.717) is 35.4 Å².